The molecule has 2 aromatic heterocycles. The molecule has 0 aliphatic heterocycles. The van der Waals surface area contributed by atoms with Gasteiger partial charge in [-0.15, -0.1) is 13.2 Å². The van der Waals surface area contributed by atoms with Crippen molar-refractivity contribution in [1.29, 1.82) is 0 Å². The predicted octanol–water partition coefficient (Wildman–Crippen LogP) is 16.1. The van der Waals surface area contributed by atoms with Gasteiger partial charge >= 0.3 is 0 Å². The zero-order valence-electron chi connectivity index (χ0n) is 32.6. The molecule has 0 saturated heterocycles. The van der Waals surface area contributed by atoms with Crippen LogP contribution in [-0.4, -0.2) is 0 Å². The van der Waals surface area contributed by atoms with E-state index in [2.05, 4.69) is 171 Å². The first kappa shape index (κ1) is 35.8. The molecular weight excluding hydrogens is 719 g/mol. The summed E-state index contributed by atoms with van der Waals surface area (Å²) in [5, 5.41) is 4.18. The van der Waals surface area contributed by atoms with Gasteiger partial charge in [-0.2, -0.15) is 0 Å². The number of hydrogen-bond donors (Lipinski definition) is 0. The SMILES string of the molecule is C=C/C=C(\C=C)c1ccc(N(c2ccc(-c3ccc4c(c3)C(C=C)C(C=C)C=C4)cc2)c2ccc3c(c2)oc2ccccc23)c2c1oc1cc(-c3ccccc3)ccc12. The molecule has 7 aromatic carbocycles. The smallest absolute Gasteiger partial charge is 0.145 e. The molecule has 0 saturated carbocycles. The lowest BCUT2D eigenvalue weighted by Gasteiger charge is -2.27. The first-order chi connectivity index (χ1) is 29.1. The number of para-hydroxylation sites is 1. The highest BCUT2D eigenvalue weighted by atomic mass is 16.3. The van der Waals surface area contributed by atoms with E-state index in [1.165, 1.54) is 11.1 Å². The van der Waals surface area contributed by atoms with Gasteiger partial charge in [-0.3, -0.25) is 0 Å². The fourth-order valence-electron chi connectivity index (χ4n) is 8.81. The van der Waals surface area contributed by atoms with Crippen molar-refractivity contribution in [2.75, 3.05) is 4.90 Å². The van der Waals surface area contributed by atoms with E-state index < -0.39 is 0 Å². The third-order valence-corrected chi connectivity index (χ3v) is 11.7. The number of anilines is 3. The van der Waals surface area contributed by atoms with Gasteiger partial charge in [0, 0.05) is 51.0 Å². The van der Waals surface area contributed by atoms with Gasteiger partial charge in [0.1, 0.15) is 22.3 Å². The Labute approximate surface area is 344 Å². The maximum atomic E-state index is 6.92. The first-order valence-corrected chi connectivity index (χ1v) is 20.0. The van der Waals surface area contributed by atoms with Crippen LogP contribution in [0.15, 0.2) is 217 Å². The normalized spacial score (nSPS) is 15.1. The highest BCUT2D eigenvalue weighted by Gasteiger charge is 2.25. The Morgan fingerprint density at radius 1 is 0.559 bits per heavy atom. The van der Waals surface area contributed by atoms with Gasteiger partial charge in [0.05, 0.1) is 11.1 Å². The topological polar surface area (TPSA) is 29.5 Å². The predicted molar refractivity (Wildman–Crippen MR) is 251 cm³/mol. The van der Waals surface area contributed by atoms with Crippen LogP contribution in [0.4, 0.5) is 17.1 Å². The lowest BCUT2D eigenvalue weighted by atomic mass is 9.78. The third-order valence-electron chi connectivity index (χ3n) is 11.7. The molecule has 0 fully saturated rings. The van der Waals surface area contributed by atoms with Gasteiger partial charge in [0.2, 0.25) is 0 Å². The minimum absolute atomic E-state index is 0.178. The van der Waals surface area contributed by atoms with Gasteiger partial charge < -0.3 is 13.7 Å². The summed E-state index contributed by atoms with van der Waals surface area (Å²) in [6, 6.07) is 51.5. The van der Waals surface area contributed by atoms with E-state index in [4.69, 9.17) is 8.83 Å². The van der Waals surface area contributed by atoms with Crippen molar-refractivity contribution in [3.63, 3.8) is 0 Å². The molecule has 9 aromatic rings. The Morgan fingerprint density at radius 2 is 1.25 bits per heavy atom. The van der Waals surface area contributed by atoms with Crippen LogP contribution >= 0.6 is 0 Å². The number of furan rings is 2. The van der Waals surface area contributed by atoms with Crippen molar-refractivity contribution >= 4 is 72.6 Å². The summed E-state index contributed by atoms with van der Waals surface area (Å²) in [5.41, 5.74) is 15.1. The van der Waals surface area contributed by atoms with Crippen LogP contribution in [0, 0.1) is 5.92 Å². The minimum Gasteiger partial charge on any atom is -0.456 e. The molecule has 282 valence electrons. The fourth-order valence-corrected chi connectivity index (χ4v) is 8.81. The van der Waals surface area contributed by atoms with Crippen LogP contribution in [0.1, 0.15) is 22.6 Å². The van der Waals surface area contributed by atoms with Crippen LogP contribution in [0.2, 0.25) is 0 Å². The molecule has 3 heteroatoms. The Kier molecular flexibility index (Phi) is 8.92. The van der Waals surface area contributed by atoms with Crippen LogP contribution < -0.4 is 4.90 Å². The molecule has 0 amide bonds. The van der Waals surface area contributed by atoms with E-state index >= 15 is 0 Å². The summed E-state index contributed by atoms with van der Waals surface area (Å²) in [5.74, 6) is 0.398. The van der Waals surface area contributed by atoms with Gasteiger partial charge in [-0.1, -0.05) is 135 Å². The van der Waals surface area contributed by atoms with Crippen LogP contribution in [0.5, 0.6) is 0 Å². The van der Waals surface area contributed by atoms with Crippen molar-refractivity contribution < 1.29 is 8.83 Å². The average Bonchev–Trinajstić information content (AvgIpc) is 3.87. The zero-order chi connectivity index (χ0) is 40.0. The van der Waals surface area contributed by atoms with Crippen molar-refractivity contribution in [2.45, 2.75) is 5.92 Å². The van der Waals surface area contributed by atoms with Crippen LogP contribution in [0.25, 0.3) is 77.8 Å². The second-order valence-corrected chi connectivity index (χ2v) is 15.0. The molecule has 10 rings (SSSR count). The minimum atomic E-state index is 0.178. The van der Waals surface area contributed by atoms with Gasteiger partial charge in [0.25, 0.3) is 0 Å². The summed E-state index contributed by atoms with van der Waals surface area (Å²) in [6.07, 6.45) is 14.1. The van der Waals surface area contributed by atoms with Gasteiger partial charge in [-0.05, 0) is 99.6 Å². The fraction of sp³-hybridized carbons (Fsp3) is 0.0357. The molecule has 0 radical (unpaired) electrons. The number of fused-ring (bicyclic) bond motifs is 7. The van der Waals surface area contributed by atoms with E-state index in [1.54, 1.807) is 6.08 Å². The van der Waals surface area contributed by atoms with Gasteiger partial charge in [-0.25, -0.2) is 0 Å². The number of hydrogen-bond acceptors (Lipinski definition) is 3. The maximum Gasteiger partial charge on any atom is 0.145 e. The molecule has 1 aliphatic carbocycles. The van der Waals surface area contributed by atoms with Crippen molar-refractivity contribution in [3.05, 3.63) is 225 Å². The highest BCUT2D eigenvalue weighted by molar-refractivity contribution is 6.17. The van der Waals surface area contributed by atoms with Gasteiger partial charge in [0.15, 0.2) is 0 Å². The van der Waals surface area contributed by atoms with E-state index in [-0.39, 0.29) is 11.8 Å². The Hall–Kier alpha value is -7.62. The molecule has 3 nitrogen and oxygen atoms in total. The molecule has 2 heterocycles. The van der Waals surface area contributed by atoms with E-state index in [0.29, 0.717) is 0 Å². The molecule has 59 heavy (non-hydrogen) atoms. The zero-order valence-corrected chi connectivity index (χ0v) is 32.6. The summed E-state index contributed by atoms with van der Waals surface area (Å²) in [4.78, 5) is 2.31. The summed E-state index contributed by atoms with van der Waals surface area (Å²) < 4.78 is 13.4. The molecule has 1 aliphatic rings. The van der Waals surface area contributed by atoms with Crippen LogP contribution in [0.3, 0.4) is 0 Å². The van der Waals surface area contributed by atoms with Crippen LogP contribution in [-0.2, 0) is 0 Å². The largest absolute Gasteiger partial charge is 0.456 e. The molecule has 2 atom stereocenters. The molecule has 0 spiro atoms. The monoisotopic (exact) mass is 759 g/mol. The Balaban J connectivity index is 1.18. The molecular formula is C56H41NO2. The quantitative estimate of drug-likeness (QED) is 0.103. The van der Waals surface area contributed by atoms with E-state index in [0.717, 1.165) is 94.3 Å². The standard InChI is InChI=1S/C56H41NO2/c1-5-14-36(6-2)46-31-32-51(55-49-29-25-42(34-53(49)59-56(46)55)38-15-10-9-11-16-38)57(44-28-30-48-47-17-12-13-18-52(47)58-54(48)35-44)43-26-23-39(24-27-43)41-22-21-40-20-19-37(7-3)45(8-4)50(40)33-41/h5-35,37,45H,1-4H2/b36-14+. The van der Waals surface area contributed by atoms with E-state index in [1.807, 2.05) is 42.5 Å². The molecule has 0 bridgehead atoms. The third kappa shape index (κ3) is 6.07. The highest BCUT2D eigenvalue weighted by Crippen LogP contribution is 2.47. The maximum absolute atomic E-state index is 6.92. The number of allylic oxidation sites excluding steroid dienone is 7. The number of rotatable bonds is 10. The second-order valence-electron chi connectivity index (χ2n) is 15.0. The van der Waals surface area contributed by atoms with E-state index in [9.17, 15) is 0 Å². The summed E-state index contributed by atoms with van der Waals surface area (Å²) >= 11 is 0. The van der Waals surface area contributed by atoms with Crippen molar-refractivity contribution in [3.8, 4) is 22.3 Å². The summed E-state index contributed by atoms with van der Waals surface area (Å²) in [7, 11) is 0. The lowest BCUT2D eigenvalue weighted by Crippen LogP contribution is -2.11. The van der Waals surface area contributed by atoms with Crippen molar-refractivity contribution in [2.24, 2.45) is 5.92 Å². The Morgan fingerprint density at radius 3 is 2.05 bits per heavy atom. The second kappa shape index (κ2) is 14.7. The Bertz CT molecular complexity index is 3190. The molecule has 2 unspecified atom stereocenters. The molecule has 0 N–H and O–H groups in total. The number of nitrogens with zero attached hydrogens (tertiary/aromatic N) is 1. The average molecular weight is 760 g/mol. The summed E-state index contributed by atoms with van der Waals surface area (Å²) in [6.45, 7) is 16.4. The first-order valence-electron chi connectivity index (χ1n) is 20.0. The lowest BCUT2D eigenvalue weighted by molar-refractivity contribution is 0.668. The number of benzene rings is 7. The van der Waals surface area contributed by atoms with Crippen molar-refractivity contribution in [1.82, 2.24) is 0 Å².